The molecule has 1 spiro atoms. The van der Waals surface area contributed by atoms with Gasteiger partial charge in [0.15, 0.2) is 0 Å². The van der Waals surface area contributed by atoms with Crippen molar-refractivity contribution >= 4 is 0 Å². The second-order valence-electron chi connectivity index (χ2n) is 11.6. The van der Waals surface area contributed by atoms with E-state index in [1.807, 2.05) is 47.3 Å². The molecule has 0 bridgehead atoms. The largest absolute Gasteiger partial charge is 0.392 e. The number of allylic oxidation sites excluding steroid dienone is 4. The average Bonchev–Trinajstić information content (AvgIpc) is 3.37. The fourth-order valence-electron chi connectivity index (χ4n) is 6.04. The molecular formula is C33H41N3O3. The normalized spacial score (nSPS) is 28.9. The van der Waals surface area contributed by atoms with Crippen LogP contribution in [0, 0.1) is 5.92 Å². The first-order valence-corrected chi connectivity index (χ1v) is 14.1. The lowest BCUT2D eigenvalue weighted by Gasteiger charge is -2.46. The molecule has 0 fully saturated rings. The highest BCUT2D eigenvalue weighted by molar-refractivity contribution is 5.57. The molecule has 0 saturated carbocycles. The number of hydrogen-bond acceptors (Lipinski definition) is 5. The molecule has 1 N–H and O–H groups in total. The summed E-state index contributed by atoms with van der Waals surface area (Å²) in [6.07, 6.45) is 16.2. The molecule has 6 nitrogen and oxygen atoms in total. The van der Waals surface area contributed by atoms with E-state index in [2.05, 4.69) is 69.2 Å². The van der Waals surface area contributed by atoms with Crippen LogP contribution in [-0.2, 0) is 9.47 Å². The maximum atomic E-state index is 10.5. The van der Waals surface area contributed by atoms with E-state index in [-0.39, 0.29) is 30.8 Å². The molecule has 5 rings (SSSR count). The van der Waals surface area contributed by atoms with Gasteiger partial charge in [-0.05, 0) is 78.0 Å². The Morgan fingerprint density at radius 2 is 1.92 bits per heavy atom. The third kappa shape index (κ3) is 6.24. The first kappa shape index (κ1) is 27.5. The van der Waals surface area contributed by atoms with E-state index in [1.54, 1.807) is 0 Å². The lowest BCUT2D eigenvalue weighted by atomic mass is 9.77. The van der Waals surface area contributed by atoms with Gasteiger partial charge in [-0.15, -0.1) is 5.10 Å². The van der Waals surface area contributed by atoms with Crippen molar-refractivity contribution in [3.63, 3.8) is 0 Å². The number of hydrogen-bond donors (Lipinski definition) is 1. The van der Waals surface area contributed by atoms with Crippen molar-refractivity contribution in [1.82, 2.24) is 15.0 Å². The zero-order chi connectivity index (χ0) is 27.6. The summed E-state index contributed by atoms with van der Waals surface area (Å²) in [5.74, 6) is -0.932. The summed E-state index contributed by atoms with van der Waals surface area (Å²) in [5, 5.41) is 19.4. The minimum atomic E-state index is -0.972. The molecule has 2 aliphatic heterocycles. The number of aromatic nitrogens is 3. The van der Waals surface area contributed by atoms with Crippen molar-refractivity contribution in [2.45, 2.75) is 84.3 Å². The lowest BCUT2D eigenvalue weighted by molar-refractivity contribution is -0.225. The quantitative estimate of drug-likeness (QED) is 0.397. The molecule has 2 aromatic rings. The molecule has 5 atom stereocenters. The van der Waals surface area contributed by atoms with Crippen molar-refractivity contribution in [3.05, 3.63) is 94.8 Å². The lowest BCUT2D eigenvalue weighted by Crippen LogP contribution is -2.49. The molecule has 0 amide bonds. The van der Waals surface area contributed by atoms with Crippen molar-refractivity contribution in [1.29, 1.82) is 0 Å². The number of rotatable bonds is 7. The van der Waals surface area contributed by atoms with Crippen LogP contribution in [0.5, 0.6) is 0 Å². The van der Waals surface area contributed by atoms with Gasteiger partial charge < -0.3 is 14.6 Å². The van der Waals surface area contributed by atoms with Gasteiger partial charge in [0.25, 0.3) is 0 Å². The Balaban J connectivity index is 1.36. The Bertz CT molecular complexity index is 1330. The first-order chi connectivity index (χ1) is 18.7. The van der Waals surface area contributed by atoms with Crippen LogP contribution in [0.4, 0.5) is 0 Å². The Morgan fingerprint density at radius 3 is 2.67 bits per heavy atom. The second kappa shape index (κ2) is 11.6. The fraction of sp³-hybridized carbons (Fsp3) is 0.455. The van der Waals surface area contributed by atoms with Crippen LogP contribution in [0.15, 0.2) is 94.8 Å². The summed E-state index contributed by atoms with van der Waals surface area (Å²) in [7, 11) is 0. The van der Waals surface area contributed by atoms with Crippen molar-refractivity contribution in [3.8, 4) is 11.3 Å². The average molecular weight is 528 g/mol. The second-order valence-corrected chi connectivity index (χ2v) is 11.6. The Hall–Kier alpha value is -3.06. The van der Waals surface area contributed by atoms with Gasteiger partial charge in [0, 0.05) is 11.5 Å². The van der Waals surface area contributed by atoms with Crippen LogP contribution < -0.4 is 0 Å². The molecular weight excluding hydrogens is 486 g/mol. The van der Waals surface area contributed by atoms with Crippen LogP contribution in [0.25, 0.3) is 11.3 Å². The molecule has 0 radical (unpaired) electrons. The summed E-state index contributed by atoms with van der Waals surface area (Å²) in [6, 6.07) is 10.2. The maximum Gasteiger partial charge on any atom is 0.209 e. The van der Waals surface area contributed by atoms with Gasteiger partial charge in [-0.25, -0.2) is 4.68 Å². The van der Waals surface area contributed by atoms with Gasteiger partial charge >= 0.3 is 0 Å². The zero-order valence-corrected chi connectivity index (χ0v) is 23.8. The number of aliphatic hydroxyl groups excluding tert-OH is 1. The van der Waals surface area contributed by atoms with Crippen molar-refractivity contribution in [2.75, 3.05) is 6.61 Å². The molecule has 3 aliphatic rings. The van der Waals surface area contributed by atoms with E-state index in [0.717, 1.165) is 42.5 Å². The van der Waals surface area contributed by atoms with E-state index < -0.39 is 5.79 Å². The maximum absolute atomic E-state index is 10.5. The van der Waals surface area contributed by atoms with Gasteiger partial charge in [0.05, 0.1) is 31.1 Å². The van der Waals surface area contributed by atoms with Crippen molar-refractivity contribution < 1.29 is 14.6 Å². The minimum Gasteiger partial charge on any atom is -0.392 e. The predicted molar refractivity (Wildman–Crippen MR) is 155 cm³/mol. The fourth-order valence-corrected chi connectivity index (χ4v) is 6.04. The smallest absolute Gasteiger partial charge is 0.209 e. The molecule has 1 aromatic heterocycles. The van der Waals surface area contributed by atoms with Gasteiger partial charge in [-0.3, -0.25) is 0 Å². The number of aliphatic hydroxyl groups is 1. The highest BCUT2D eigenvalue weighted by atomic mass is 16.7. The number of nitrogens with zero attached hydrogens (tertiary/aromatic N) is 3. The predicted octanol–water partition coefficient (Wildman–Crippen LogP) is 6.89. The Morgan fingerprint density at radius 1 is 1.13 bits per heavy atom. The topological polar surface area (TPSA) is 69.4 Å². The third-order valence-electron chi connectivity index (χ3n) is 7.96. The standard InChI is InChI=1S/C33H41N3O3/c1-22(2)10-9-11-23(3)14-28-15-24(4)18-33(38-28)19-27(21-37)29-17-31(25(5)16-32(29)39-33)36-20-30(34-35-36)26-12-7-6-8-13-26/h6-8,10,12-14,16,18-20,28-29,31-32,37H,9,11,15,17,21H2,1-5H3/b23-14+/t28-,29-,31?,32-,33+/m1/s1. The monoisotopic (exact) mass is 527 g/mol. The van der Waals surface area contributed by atoms with Gasteiger partial charge in [-0.2, -0.15) is 0 Å². The van der Waals surface area contributed by atoms with Crippen LogP contribution in [0.3, 0.4) is 0 Å². The van der Waals surface area contributed by atoms with Crippen LogP contribution >= 0.6 is 0 Å². The van der Waals surface area contributed by atoms with Gasteiger partial charge in [-0.1, -0.05) is 76.1 Å². The first-order valence-electron chi connectivity index (χ1n) is 14.1. The molecule has 1 unspecified atom stereocenters. The van der Waals surface area contributed by atoms with Crippen LogP contribution in [-0.4, -0.2) is 44.7 Å². The molecule has 1 aliphatic carbocycles. The Labute approximate surface area is 232 Å². The van der Waals surface area contributed by atoms with E-state index in [4.69, 9.17) is 9.47 Å². The molecule has 0 saturated heterocycles. The van der Waals surface area contributed by atoms with E-state index in [9.17, 15) is 5.11 Å². The summed E-state index contributed by atoms with van der Waals surface area (Å²) >= 11 is 0. The number of benzene rings is 1. The van der Waals surface area contributed by atoms with Gasteiger partial charge in [0.2, 0.25) is 5.79 Å². The number of fused-ring (bicyclic) bond motifs is 1. The number of ether oxygens (including phenoxy) is 2. The van der Waals surface area contributed by atoms with Crippen LogP contribution in [0.1, 0.15) is 66.3 Å². The summed E-state index contributed by atoms with van der Waals surface area (Å²) < 4.78 is 15.3. The summed E-state index contributed by atoms with van der Waals surface area (Å²) in [4.78, 5) is 0. The van der Waals surface area contributed by atoms with Crippen molar-refractivity contribution in [2.24, 2.45) is 5.92 Å². The molecule has 1 aromatic carbocycles. The van der Waals surface area contributed by atoms with E-state index >= 15 is 0 Å². The minimum absolute atomic E-state index is 0.0308. The van der Waals surface area contributed by atoms with E-state index in [1.165, 1.54) is 22.3 Å². The molecule has 6 heteroatoms. The van der Waals surface area contributed by atoms with Crippen LogP contribution in [0.2, 0.25) is 0 Å². The molecule has 3 heterocycles. The highest BCUT2D eigenvalue weighted by Crippen LogP contribution is 2.45. The summed E-state index contributed by atoms with van der Waals surface area (Å²) in [5.41, 5.74) is 7.94. The highest BCUT2D eigenvalue weighted by Gasteiger charge is 2.46. The zero-order valence-electron chi connectivity index (χ0n) is 23.8. The molecule has 206 valence electrons. The van der Waals surface area contributed by atoms with Gasteiger partial charge in [0.1, 0.15) is 5.69 Å². The Kier molecular flexibility index (Phi) is 8.17. The molecule has 39 heavy (non-hydrogen) atoms. The third-order valence-corrected chi connectivity index (χ3v) is 7.96. The SMILES string of the molecule is CC(C)=CCC/C(C)=C/[C@@H]1CC(C)=C[C@]2(C=C(CO)[C@H]3CC(n4cc(-c5ccccc5)nn4)C(C)=C[C@H]3O2)O1. The van der Waals surface area contributed by atoms with E-state index in [0.29, 0.717) is 0 Å². The summed E-state index contributed by atoms with van der Waals surface area (Å²) in [6.45, 7) is 10.7.